The van der Waals surface area contributed by atoms with E-state index in [9.17, 15) is 29.1 Å². The monoisotopic (exact) mass is 697 g/mol. The second kappa shape index (κ2) is 15.0. The Kier molecular flexibility index (Phi) is 11.4. The van der Waals surface area contributed by atoms with Gasteiger partial charge in [-0.25, -0.2) is 0 Å². The minimum absolute atomic E-state index is 0.0988. The molecule has 2 aliphatic carbocycles. The number of aliphatic hydroxyl groups is 1. The topological polar surface area (TPSA) is 148 Å². The smallest absolute Gasteiger partial charge is 0.289 e. The molecule has 12 heteroatoms. The van der Waals surface area contributed by atoms with Gasteiger partial charge >= 0.3 is 0 Å². The number of rotatable bonds is 14. The molecule has 2 aliphatic heterocycles. The summed E-state index contributed by atoms with van der Waals surface area (Å²) in [7, 11) is 0. The minimum atomic E-state index is -1.19. The largest absolute Gasteiger partial charge is 0.376 e. The molecule has 4 amide bonds. The van der Waals surface area contributed by atoms with Gasteiger partial charge in [0.2, 0.25) is 17.6 Å². The highest BCUT2D eigenvalue weighted by atomic mass is 32.1. The van der Waals surface area contributed by atoms with Crippen molar-refractivity contribution in [3.05, 3.63) is 35.0 Å². The fourth-order valence-electron chi connectivity index (χ4n) is 8.49. The van der Waals surface area contributed by atoms with Crippen LogP contribution in [0.15, 0.2) is 30.2 Å². The van der Waals surface area contributed by atoms with Gasteiger partial charge in [-0.2, -0.15) is 0 Å². The van der Waals surface area contributed by atoms with Gasteiger partial charge in [-0.1, -0.05) is 78.9 Å². The molecule has 4 aliphatic rings. The van der Waals surface area contributed by atoms with Crippen LogP contribution in [0.5, 0.6) is 0 Å². The quantitative estimate of drug-likeness (QED) is 0.132. The molecule has 3 heterocycles. The highest BCUT2D eigenvalue weighted by Crippen LogP contribution is 2.50. The number of β-lactam (4-membered cyclic amide) rings is 1. The predicted molar refractivity (Wildman–Crippen MR) is 188 cm³/mol. The Morgan fingerprint density at radius 3 is 2.39 bits per heavy atom. The van der Waals surface area contributed by atoms with Gasteiger partial charge in [0.1, 0.15) is 12.3 Å². The molecular formula is C37H55N5O6S. The van der Waals surface area contributed by atoms with Crippen LogP contribution in [0.1, 0.15) is 102 Å². The molecule has 0 bridgehead atoms. The number of thiophene rings is 1. The SMILES string of the molecule is C=CCNC(=O)C(=O)C(CC1CC1)NC(=O)[C@@H]1[C@@H](C(C)C)CCN1C(O)[C@@H](N1C(=O)[C@@H](NC(=O)c2cccs2)C12CCCCC2)C(C)(C)C. The summed E-state index contributed by atoms with van der Waals surface area (Å²) in [5.41, 5.74) is -1.23. The molecule has 2 saturated heterocycles. The van der Waals surface area contributed by atoms with E-state index in [-0.39, 0.29) is 42.0 Å². The first-order valence-corrected chi connectivity index (χ1v) is 18.9. The number of Topliss-reactive ketones (excluding diaryl/α,β-unsaturated/α-hetero) is 1. The Balaban J connectivity index is 1.42. The molecule has 1 spiro atoms. The molecule has 5 rings (SSSR count). The van der Waals surface area contributed by atoms with Crippen molar-refractivity contribution in [2.24, 2.45) is 23.2 Å². The van der Waals surface area contributed by atoms with Crippen molar-refractivity contribution in [1.82, 2.24) is 25.8 Å². The third kappa shape index (κ3) is 7.66. The first-order valence-electron chi connectivity index (χ1n) is 18.1. The van der Waals surface area contributed by atoms with E-state index in [4.69, 9.17) is 0 Å². The van der Waals surface area contributed by atoms with E-state index < -0.39 is 53.0 Å². The summed E-state index contributed by atoms with van der Waals surface area (Å²) in [6.07, 6.45) is 7.53. The lowest BCUT2D eigenvalue weighted by atomic mass is 9.65. The summed E-state index contributed by atoms with van der Waals surface area (Å²) in [5.74, 6) is -2.05. The molecule has 0 radical (unpaired) electrons. The van der Waals surface area contributed by atoms with E-state index in [2.05, 4.69) is 36.4 Å². The summed E-state index contributed by atoms with van der Waals surface area (Å²) < 4.78 is 0. The first-order chi connectivity index (χ1) is 23.2. The average molecular weight is 698 g/mol. The summed E-state index contributed by atoms with van der Waals surface area (Å²) in [5, 5.41) is 22.8. The molecule has 4 fully saturated rings. The molecule has 1 aromatic heterocycles. The van der Waals surface area contributed by atoms with E-state index >= 15 is 0 Å². The lowest BCUT2D eigenvalue weighted by Crippen LogP contribution is -2.84. The number of aliphatic hydroxyl groups excluding tert-OH is 1. The molecule has 11 nitrogen and oxygen atoms in total. The van der Waals surface area contributed by atoms with E-state index in [1.165, 1.54) is 17.4 Å². The summed E-state index contributed by atoms with van der Waals surface area (Å²) in [6, 6.07) is 0.455. The van der Waals surface area contributed by atoms with Crippen LogP contribution in [0.2, 0.25) is 0 Å². The minimum Gasteiger partial charge on any atom is -0.376 e. The van der Waals surface area contributed by atoms with Crippen LogP contribution in [-0.4, -0.2) is 93.3 Å². The van der Waals surface area contributed by atoms with Crippen LogP contribution in [0, 0.1) is 23.2 Å². The van der Waals surface area contributed by atoms with Crippen molar-refractivity contribution < 1.29 is 29.1 Å². The van der Waals surface area contributed by atoms with Crippen LogP contribution in [0.25, 0.3) is 0 Å². The molecule has 4 N–H and O–H groups in total. The maximum Gasteiger partial charge on any atom is 0.289 e. The summed E-state index contributed by atoms with van der Waals surface area (Å²) in [6.45, 7) is 14.3. The Morgan fingerprint density at radius 2 is 1.82 bits per heavy atom. The Labute approximate surface area is 294 Å². The normalized spacial score (nSPS) is 25.7. The van der Waals surface area contributed by atoms with Crippen LogP contribution in [-0.2, 0) is 19.2 Å². The average Bonchev–Trinajstić information content (AvgIpc) is 3.50. The lowest BCUT2D eigenvalue weighted by Gasteiger charge is -2.65. The fourth-order valence-corrected chi connectivity index (χ4v) is 9.12. The summed E-state index contributed by atoms with van der Waals surface area (Å²) >= 11 is 1.33. The van der Waals surface area contributed by atoms with Gasteiger partial charge in [0.15, 0.2) is 0 Å². The number of carbonyl (C=O) groups is 5. The summed E-state index contributed by atoms with van der Waals surface area (Å²) in [4.78, 5) is 71.9. The van der Waals surface area contributed by atoms with E-state index in [1.807, 2.05) is 42.0 Å². The highest BCUT2D eigenvalue weighted by Gasteiger charge is 2.65. The molecule has 1 aromatic rings. The first kappa shape index (κ1) is 37.2. The second-order valence-corrected chi connectivity index (χ2v) is 16.9. The van der Waals surface area contributed by atoms with Gasteiger partial charge in [0.25, 0.3) is 11.8 Å². The van der Waals surface area contributed by atoms with Gasteiger partial charge < -0.3 is 26.0 Å². The van der Waals surface area contributed by atoms with E-state index in [0.717, 1.165) is 32.1 Å². The van der Waals surface area contributed by atoms with Crippen LogP contribution in [0.4, 0.5) is 0 Å². The zero-order valence-electron chi connectivity index (χ0n) is 29.7. The van der Waals surface area contributed by atoms with Crippen molar-refractivity contribution in [3.63, 3.8) is 0 Å². The van der Waals surface area contributed by atoms with Crippen molar-refractivity contribution in [1.29, 1.82) is 0 Å². The van der Waals surface area contributed by atoms with Crippen LogP contribution < -0.4 is 16.0 Å². The van der Waals surface area contributed by atoms with Gasteiger partial charge in [0, 0.05) is 13.1 Å². The molecule has 2 unspecified atom stereocenters. The van der Waals surface area contributed by atoms with Crippen LogP contribution >= 0.6 is 11.3 Å². The third-order valence-corrected chi connectivity index (χ3v) is 12.0. The number of likely N-dealkylation sites (tertiary alicyclic amines) is 2. The molecular weight excluding hydrogens is 643 g/mol. The highest BCUT2D eigenvalue weighted by molar-refractivity contribution is 7.12. The maximum atomic E-state index is 14.3. The number of ketones is 1. The Hall–Kier alpha value is -3.09. The number of nitrogens with one attached hydrogen (secondary N) is 3. The van der Waals surface area contributed by atoms with Crippen molar-refractivity contribution in [2.75, 3.05) is 13.1 Å². The number of hydrogen-bond acceptors (Lipinski definition) is 8. The molecule has 270 valence electrons. The molecule has 49 heavy (non-hydrogen) atoms. The number of carbonyl (C=O) groups excluding carboxylic acids is 5. The maximum absolute atomic E-state index is 14.3. The van der Waals surface area contributed by atoms with E-state index in [0.29, 0.717) is 37.1 Å². The number of amides is 4. The number of hydrogen-bond donors (Lipinski definition) is 4. The van der Waals surface area contributed by atoms with Crippen molar-refractivity contribution in [3.8, 4) is 0 Å². The van der Waals surface area contributed by atoms with Crippen molar-refractivity contribution >= 4 is 40.7 Å². The van der Waals surface area contributed by atoms with Crippen LogP contribution in [0.3, 0.4) is 0 Å². The Bertz CT molecular complexity index is 1400. The van der Waals surface area contributed by atoms with Gasteiger partial charge in [-0.15, -0.1) is 17.9 Å². The van der Waals surface area contributed by atoms with Gasteiger partial charge in [-0.3, -0.25) is 28.9 Å². The standard InChI is InChI=1S/C37H55N5O6S/c1-7-18-38-33(46)28(43)25(21-23-13-14-23)39-32(45)27-24(22(2)3)15-19-41(27)35(48)30(36(4,5)6)42-34(47)29(37(42)16-9-8-10-17-37)40-31(44)26-12-11-20-49-26/h7,11-12,20,22-25,27,29-30,35,48H,1,8-10,13-19,21H2,2-6H3,(H,38,46)(H,39,45)(H,40,44)/t24-,25?,27+,29-,30-,35?/m1/s1. The molecule has 0 aromatic carbocycles. The zero-order chi connectivity index (χ0) is 35.7. The zero-order valence-corrected chi connectivity index (χ0v) is 30.5. The second-order valence-electron chi connectivity index (χ2n) is 16.0. The molecule has 2 saturated carbocycles. The Morgan fingerprint density at radius 1 is 1.12 bits per heavy atom. The third-order valence-electron chi connectivity index (χ3n) is 11.2. The predicted octanol–water partition coefficient (Wildman–Crippen LogP) is 3.63. The van der Waals surface area contributed by atoms with Crippen molar-refractivity contribution in [2.45, 2.75) is 128 Å². The van der Waals surface area contributed by atoms with E-state index in [1.54, 1.807) is 6.07 Å². The lowest BCUT2D eigenvalue weighted by molar-refractivity contribution is -0.201. The van der Waals surface area contributed by atoms with Gasteiger partial charge in [0.05, 0.1) is 28.5 Å². The fraction of sp³-hybridized carbons (Fsp3) is 0.703. The number of nitrogens with zero attached hydrogens (tertiary/aromatic N) is 2. The van der Waals surface area contributed by atoms with Gasteiger partial charge in [-0.05, 0) is 60.3 Å². The molecule has 6 atom stereocenters.